The Kier molecular flexibility index (Phi) is 3.82. The van der Waals surface area contributed by atoms with E-state index in [1.807, 2.05) is 6.20 Å². The average molecular weight is 284 g/mol. The van der Waals surface area contributed by atoms with Crippen molar-refractivity contribution in [3.63, 3.8) is 0 Å². The highest BCUT2D eigenvalue weighted by molar-refractivity contribution is 9.10. The van der Waals surface area contributed by atoms with Gasteiger partial charge in [0.05, 0.1) is 11.9 Å². The van der Waals surface area contributed by atoms with Gasteiger partial charge in [0.2, 0.25) is 0 Å². The first kappa shape index (κ1) is 11.9. The van der Waals surface area contributed by atoms with E-state index in [0.29, 0.717) is 6.04 Å². The quantitative estimate of drug-likeness (QED) is 0.846. The van der Waals surface area contributed by atoms with Gasteiger partial charge in [-0.1, -0.05) is 0 Å². The molecule has 2 heterocycles. The first-order valence-electron chi connectivity index (χ1n) is 5.72. The maximum atomic E-state index is 4.30. The molecule has 0 saturated carbocycles. The van der Waals surface area contributed by atoms with Crippen molar-refractivity contribution in [1.82, 2.24) is 9.88 Å². The van der Waals surface area contributed by atoms with E-state index in [9.17, 15) is 0 Å². The van der Waals surface area contributed by atoms with Gasteiger partial charge in [0.25, 0.3) is 0 Å². The monoisotopic (exact) mass is 283 g/mol. The SMILES string of the molecule is Cc1cc(NC2CCCN(C)C2)cnc1Br. The number of likely N-dealkylation sites (tertiary alicyclic amines) is 1. The Balaban J connectivity index is 2.00. The molecule has 1 atom stereocenters. The molecule has 0 amide bonds. The van der Waals surface area contributed by atoms with Crippen molar-refractivity contribution in [3.8, 4) is 0 Å². The van der Waals surface area contributed by atoms with Crippen LogP contribution in [0.3, 0.4) is 0 Å². The second-order valence-electron chi connectivity index (χ2n) is 4.58. The number of aromatic nitrogens is 1. The van der Waals surface area contributed by atoms with Gasteiger partial charge in [-0.2, -0.15) is 0 Å². The third kappa shape index (κ3) is 2.95. The predicted molar refractivity (Wildman–Crippen MR) is 70.8 cm³/mol. The second kappa shape index (κ2) is 5.15. The molecule has 16 heavy (non-hydrogen) atoms. The van der Waals surface area contributed by atoms with E-state index in [1.165, 1.54) is 24.9 Å². The normalized spacial score (nSPS) is 22.1. The van der Waals surface area contributed by atoms with Gasteiger partial charge in [-0.25, -0.2) is 4.98 Å². The second-order valence-corrected chi connectivity index (χ2v) is 5.33. The molecule has 2 rings (SSSR count). The summed E-state index contributed by atoms with van der Waals surface area (Å²) in [7, 11) is 2.18. The zero-order valence-electron chi connectivity index (χ0n) is 9.83. The van der Waals surface area contributed by atoms with Crippen molar-refractivity contribution in [2.45, 2.75) is 25.8 Å². The van der Waals surface area contributed by atoms with Crippen molar-refractivity contribution in [2.75, 3.05) is 25.5 Å². The Bertz CT molecular complexity index is 367. The van der Waals surface area contributed by atoms with Gasteiger partial charge in [-0.15, -0.1) is 0 Å². The van der Waals surface area contributed by atoms with E-state index in [-0.39, 0.29) is 0 Å². The highest BCUT2D eigenvalue weighted by Crippen LogP contribution is 2.19. The topological polar surface area (TPSA) is 28.2 Å². The van der Waals surface area contributed by atoms with Crippen LogP contribution in [0.5, 0.6) is 0 Å². The van der Waals surface area contributed by atoms with Gasteiger partial charge in [0, 0.05) is 12.6 Å². The number of hydrogen-bond acceptors (Lipinski definition) is 3. The van der Waals surface area contributed by atoms with Crippen LogP contribution < -0.4 is 5.32 Å². The van der Waals surface area contributed by atoms with Crippen LogP contribution in [0.15, 0.2) is 16.9 Å². The molecule has 1 fully saturated rings. The lowest BCUT2D eigenvalue weighted by atomic mass is 10.1. The number of pyridine rings is 1. The van der Waals surface area contributed by atoms with Crippen molar-refractivity contribution >= 4 is 21.6 Å². The van der Waals surface area contributed by atoms with E-state index in [1.54, 1.807) is 0 Å². The van der Waals surface area contributed by atoms with Crippen LogP contribution in [0, 0.1) is 6.92 Å². The number of aryl methyl sites for hydroxylation is 1. The van der Waals surface area contributed by atoms with Crippen LogP contribution in [0.1, 0.15) is 18.4 Å². The number of hydrogen-bond donors (Lipinski definition) is 1. The standard InChI is InChI=1S/C12H18BrN3/c1-9-6-11(7-14-12(9)13)15-10-4-3-5-16(2)8-10/h6-7,10,15H,3-5,8H2,1-2H3. The highest BCUT2D eigenvalue weighted by atomic mass is 79.9. The average Bonchev–Trinajstić information content (AvgIpc) is 2.24. The Morgan fingerprint density at radius 2 is 2.38 bits per heavy atom. The van der Waals surface area contributed by atoms with Crippen molar-refractivity contribution in [3.05, 3.63) is 22.4 Å². The zero-order chi connectivity index (χ0) is 11.5. The van der Waals surface area contributed by atoms with Gasteiger partial charge >= 0.3 is 0 Å². The van der Waals surface area contributed by atoms with Gasteiger partial charge in [0.15, 0.2) is 0 Å². The molecule has 1 aliphatic rings. The number of likely N-dealkylation sites (N-methyl/N-ethyl adjacent to an activating group) is 1. The van der Waals surface area contributed by atoms with Gasteiger partial charge in [-0.05, 0) is 60.9 Å². The van der Waals surface area contributed by atoms with Crippen LogP contribution in [0.25, 0.3) is 0 Å². The lowest BCUT2D eigenvalue weighted by molar-refractivity contribution is 0.261. The van der Waals surface area contributed by atoms with Gasteiger partial charge < -0.3 is 10.2 Å². The lowest BCUT2D eigenvalue weighted by Crippen LogP contribution is -2.39. The molecule has 1 aliphatic heterocycles. The molecule has 0 bridgehead atoms. The van der Waals surface area contributed by atoms with Crippen LogP contribution in [-0.2, 0) is 0 Å². The van der Waals surface area contributed by atoms with E-state index in [2.05, 4.69) is 51.2 Å². The van der Waals surface area contributed by atoms with Crippen molar-refractivity contribution < 1.29 is 0 Å². The number of nitrogens with zero attached hydrogens (tertiary/aromatic N) is 2. The Morgan fingerprint density at radius 1 is 1.56 bits per heavy atom. The maximum absolute atomic E-state index is 4.30. The molecule has 4 heteroatoms. The highest BCUT2D eigenvalue weighted by Gasteiger charge is 2.16. The molecule has 1 N–H and O–H groups in total. The molecule has 0 radical (unpaired) electrons. The third-order valence-corrected chi connectivity index (χ3v) is 3.84. The largest absolute Gasteiger partial charge is 0.380 e. The van der Waals surface area contributed by atoms with Crippen molar-refractivity contribution in [2.24, 2.45) is 0 Å². The molecule has 1 unspecified atom stereocenters. The molecule has 88 valence electrons. The summed E-state index contributed by atoms with van der Waals surface area (Å²) in [6.45, 7) is 4.40. The summed E-state index contributed by atoms with van der Waals surface area (Å²) in [6.07, 6.45) is 4.42. The smallest absolute Gasteiger partial charge is 0.109 e. The Morgan fingerprint density at radius 3 is 3.06 bits per heavy atom. The molecule has 1 aromatic rings. The molecular weight excluding hydrogens is 266 g/mol. The fraction of sp³-hybridized carbons (Fsp3) is 0.583. The van der Waals surface area contributed by atoms with Crippen LogP contribution >= 0.6 is 15.9 Å². The number of rotatable bonds is 2. The van der Waals surface area contributed by atoms with E-state index in [0.717, 1.165) is 16.8 Å². The molecule has 0 aliphatic carbocycles. The minimum Gasteiger partial charge on any atom is -0.380 e. The first-order valence-corrected chi connectivity index (χ1v) is 6.51. The fourth-order valence-electron chi connectivity index (χ4n) is 2.16. The summed E-state index contributed by atoms with van der Waals surface area (Å²) in [5.41, 5.74) is 2.30. The summed E-state index contributed by atoms with van der Waals surface area (Å²) in [4.78, 5) is 6.68. The van der Waals surface area contributed by atoms with Crippen LogP contribution in [0.4, 0.5) is 5.69 Å². The molecule has 0 aromatic carbocycles. The molecule has 0 spiro atoms. The summed E-state index contributed by atoms with van der Waals surface area (Å²) < 4.78 is 0.929. The van der Waals surface area contributed by atoms with E-state index < -0.39 is 0 Å². The minimum atomic E-state index is 0.557. The number of halogens is 1. The maximum Gasteiger partial charge on any atom is 0.109 e. The minimum absolute atomic E-state index is 0.557. The van der Waals surface area contributed by atoms with E-state index >= 15 is 0 Å². The predicted octanol–water partition coefficient (Wildman–Crippen LogP) is 2.66. The molecular formula is C12H18BrN3. The summed E-state index contributed by atoms with van der Waals surface area (Å²) in [5, 5.41) is 3.55. The van der Waals surface area contributed by atoms with Crippen molar-refractivity contribution in [1.29, 1.82) is 0 Å². The number of anilines is 1. The Labute approximate surface area is 105 Å². The summed E-state index contributed by atoms with van der Waals surface area (Å²) in [5.74, 6) is 0. The van der Waals surface area contributed by atoms with Crippen LogP contribution in [0.2, 0.25) is 0 Å². The number of nitrogens with one attached hydrogen (secondary N) is 1. The molecule has 1 saturated heterocycles. The fourth-order valence-corrected chi connectivity index (χ4v) is 2.37. The zero-order valence-corrected chi connectivity index (χ0v) is 11.4. The Hall–Kier alpha value is -0.610. The summed E-state index contributed by atoms with van der Waals surface area (Å²) >= 11 is 3.42. The summed E-state index contributed by atoms with van der Waals surface area (Å²) in [6, 6.07) is 2.70. The molecule has 3 nitrogen and oxygen atoms in total. The third-order valence-electron chi connectivity index (χ3n) is 3.01. The lowest BCUT2D eigenvalue weighted by Gasteiger charge is -2.30. The van der Waals surface area contributed by atoms with Gasteiger partial charge in [-0.3, -0.25) is 0 Å². The number of piperidine rings is 1. The van der Waals surface area contributed by atoms with E-state index in [4.69, 9.17) is 0 Å². The first-order chi connectivity index (χ1) is 7.65. The molecule has 1 aromatic heterocycles. The van der Waals surface area contributed by atoms with Crippen LogP contribution in [-0.4, -0.2) is 36.1 Å². The van der Waals surface area contributed by atoms with Gasteiger partial charge in [0.1, 0.15) is 4.60 Å².